The van der Waals surface area contributed by atoms with Crippen LogP contribution in [-0.4, -0.2) is 34.2 Å². The first-order valence-corrected chi connectivity index (χ1v) is 11.3. The van der Waals surface area contributed by atoms with E-state index in [9.17, 15) is 9.59 Å². The molecular weight excluding hydrogens is 308 g/mol. The fourth-order valence-corrected chi connectivity index (χ4v) is 3.64. The number of esters is 2. The predicted octanol–water partition coefficient (Wildman–Crippen LogP) is 3.39. The molecule has 0 aliphatic rings. The van der Waals surface area contributed by atoms with E-state index in [0.29, 0.717) is 18.4 Å². The molecule has 0 radical (unpaired) electrons. The zero-order chi connectivity index (χ0) is 17.5. The molecule has 1 unspecified atom stereocenters. The summed E-state index contributed by atoms with van der Waals surface area (Å²) in [6.07, 6.45) is 1.21. The van der Waals surface area contributed by atoms with Gasteiger partial charge in [-0.1, -0.05) is 55.7 Å². The van der Waals surface area contributed by atoms with Crippen LogP contribution in [0, 0.1) is 5.92 Å². The van der Waals surface area contributed by atoms with Gasteiger partial charge >= 0.3 is 11.9 Å². The van der Waals surface area contributed by atoms with E-state index >= 15 is 0 Å². The SMILES string of the molecule is COC(=O)/C(=C\[Si](C)(C)C)C(CCc1ccccc1)C(=O)OC. The van der Waals surface area contributed by atoms with Crippen molar-refractivity contribution in [2.75, 3.05) is 14.2 Å². The summed E-state index contributed by atoms with van der Waals surface area (Å²) in [4.78, 5) is 24.4. The summed E-state index contributed by atoms with van der Waals surface area (Å²) in [7, 11) is 0.988. The summed E-state index contributed by atoms with van der Waals surface area (Å²) in [5.74, 6) is -1.44. The van der Waals surface area contributed by atoms with E-state index in [2.05, 4.69) is 19.6 Å². The standard InChI is InChI=1S/C18H26O4Si/c1-21-17(19)15(12-11-14-9-7-6-8-10-14)16(18(20)22-2)13-23(3,4)5/h6-10,13,15H,11-12H2,1-5H3/b16-13-. The average molecular weight is 334 g/mol. The first-order valence-electron chi connectivity index (χ1n) is 7.71. The van der Waals surface area contributed by atoms with Crippen molar-refractivity contribution in [3.63, 3.8) is 0 Å². The Hall–Kier alpha value is -1.88. The van der Waals surface area contributed by atoms with Gasteiger partial charge in [-0.3, -0.25) is 4.79 Å². The van der Waals surface area contributed by atoms with E-state index in [-0.39, 0.29) is 0 Å². The molecule has 0 aliphatic carbocycles. The minimum Gasteiger partial charge on any atom is -0.469 e. The quantitative estimate of drug-likeness (QED) is 0.436. The van der Waals surface area contributed by atoms with Crippen LogP contribution < -0.4 is 0 Å². The Morgan fingerprint density at radius 2 is 1.70 bits per heavy atom. The van der Waals surface area contributed by atoms with E-state index in [4.69, 9.17) is 9.47 Å². The van der Waals surface area contributed by atoms with E-state index in [1.807, 2.05) is 36.0 Å². The monoisotopic (exact) mass is 334 g/mol. The van der Waals surface area contributed by atoms with Crippen LogP contribution in [0.5, 0.6) is 0 Å². The Balaban J connectivity index is 3.08. The van der Waals surface area contributed by atoms with Crippen molar-refractivity contribution < 1.29 is 19.1 Å². The molecule has 1 atom stereocenters. The van der Waals surface area contributed by atoms with E-state index < -0.39 is 25.9 Å². The van der Waals surface area contributed by atoms with E-state index in [1.54, 1.807) is 0 Å². The van der Waals surface area contributed by atoms with Gasteiger partial charge in [0, 0.05) is 5.57 Å². The third-order valence-electron chi connectivity index (χ3n) is 3.44. The van der Waals surface area contributed by atoms with Crippen LogP contribution >= 0.6 is 0 Å². The van der Waals surface area contributed by atoms with Crippen LogP contribution in [0.4, 0.5) is 0 Å². The molecule has 0 heterocycles. The summed E-state index contributed by atoms with van der Waals surface area (Å²) in [5.41, 5.74) is 3.49. The van der Waals surface area contributed by atoms with Crippen LogP contribution in [-0.2, 0) is 25.5 Å². The Labute approximate surface area is 139 Å². The number of carbonyl (C=O) groups is 2. The topological polar surface area (TPSA) is 52.6 Å². The van der Waals surface area contributed by atoms with Crippen LogP contribution in [0.1, 0.15) is 12.0 Å². The van der Waals surface area contributed by atoms with Gasteiger partial charge in [0.1, 0.15) is 0 Å². The first-order chi connectivity index (χ1) is 10.8. The lowest BCUT2D eigenvalue weighted by Gasteiger charge is -2.20. The molecule has 0 saturated carbocycles. The van der Waals surface area contributed by atoms with Gasteiger partial charge < -0.3 is 9.47 Å². The van der Waals surface area contributed by atoms with Gasteiger partial charge in [-0.05, 0) is 18.4 Å². The number of hydrogen-bond donors (Lipinski definition) is 0. The normalized spacial score (nSPS) is 13.3. The van der Waals surface area contributed by atoms with Crippen molar-refractivity contribution in [1.29, 1.82) is 0 Å². The maximum atomic E-state index is 12.2. The molecule has 0 N–H and O–H groups in total. The maximum Gasteiger partial charge on any atom is 0.333 e. The van der Waals surface area contributed by atoms with Crippen molar-refractivity contribution in [2.24, 2.45) is 5.92 Å². The van der Waals surface area contributed by atoms with Crippen LogP contribution in [0.2, 0.25) is 19.6 Å². The van der Waals surface area contributed by atoms with Gasteiger partial charge in [0.15, 0.2) is 0 Å². The lowest BCUT2D eigenvalue weighted by Crippen LogP contribution is -2.28. The number of ether oxygens (including phenoxy) is 2. The van der Waals surface area contributed by atoms with Crippen LogP contribution in [0.15, 0.2) is 41.6 Å². The molecule has 0 aromatic heterocycles. The third kappa shape index (κ3) is 6.40. The highest BCUT2D eigenvalue weighted by atomic mass is 28.3. The zero-order valence-electron chi connectivity index (χ0n) is 14.6. The number of methoxy groups -OCH3 is 2. The molecular formula is C18H26O4Si. The molecule has 1 aromatic carbocycles. The second kappa shape index (κ2) is 8.67. The first kappa shape index (κ1) is 19.2. The second-order valence-corrected chi connectivity index (χ2v) is 11.6. The fraction of sp³-hybridized carbons (Fsp3) is 0.444. The summed E-state index contributed by atoms with van der Waals surface area (Å²) in [6.45, 7) is 6.34. The van der Waals surface area contributed by atoms with Gasteiger partial charge in [-0.25, -0.2) is 4.79 Å². The average Bonchev–Trinajstić information content (AvgIpc) is 2.52. The smallest absolute Gasteiger partial charge is 0.333 e. The molecule has 0 amide bonds. The van der Waals surface area contributed by atoms with Crippen LogP contribution in [0.25, 0.3) is 0 Å². The number of carbonyl (C=O) groups excluding carboxylic acids is 2. The highest BCUT2D eigenvalue weighted by Gasteiger charge is 2.30. The Morgan fingerprint density at radius 1 is 1.09 bits per heavy atom. The van der Waals surface area contributed by atoms with Gasteiger partial charge in [-0.15, -0.1) is 0 Å². The van der Waals surface area contributed by atoms with Gasteiger partial charge in [0.05, 0.1) is 28.2 Å². The molecule has 5 heteroatoms. The minimum atomic E-state index is -1.70. The minimum absolute atomic E-state index is 0.393. The number of benzene rings is 1. The molecule has 0 saturated heterocycles. The Morgan fingerprint density at radius 3 is 2.17 bits per heavy atom. The molecule has 126 valence electrons. The van der Waals surface area contributed by atoms with Crippen molar-refractivity contribution in [3.05, 3.63) is 47.2 Å². The lowest BCUT2D eigenvalue weighted by atomic mass is 9.93. The fourth-order valence-electron chi connectivity index (χ4n) is 2.38. The second-order valence-electron chi connectivity index (χ2n) is 6.56. The molecule has 0 spiro atoms. The summed E-state index contributed by atoms with van der Waals surface area (Å²) < 4.78 is 9.81. The number of rotatable bonds is 7. The molecule has 0 bridgehead atoms. The van der Waals surface area contributed by atoms with Crippen molar-refractivity contribution >= 4 is 20.0 Å². The summed E-state index contributed by atoms with van der Waals surface area (Å²) >= 11 is 0. The Kier molecular flexibility index (Phi) is 7.23. The zero-order valence-corrected chi connectivity index (χ0v) is 15.6. The van der Waals surface area contributed by atoms with Crippen LogP contribution in [0.3, 0.4) is 0 Å². The van der Waals surface area contributed by atoms with E-state index in [0.717, 1.165) is 5.56 Å². The largest absolute Gasteiger partial charge is 0.469 e. The van der Waals surface area contributed by atoms with E-state index in [1.165, 1.54) is 14.2 Å². The highest BCUT2D eigenvalue weighted by Crippen LogP contribution is 2.23. The summed E-state index contributed by atoms with van der Waals surface area (Å²) in [5, 5.41) is 0. The molecule has 0 fully saturated rings. The molecule has 23 heavy (non-hydrogen) atoms. The molecule has 1 rings (SSSR count). The predicted molar refractivity (Wildman–Crippen MR) is 93.7 cm³/mol. The van der Waals surface area contributed by atoms with Crippen molar-refractivity contribution in [2.45, 2.75) is 32.5 Å². The lowest BCUT2D eigenvalue weighted by molar-refractivity contribution is -0.147. The molecule has 0 aliphatic heterocycles. The molecule has 1 aromatic rings. The third-order valence-corrected chi connectivity index (χ3v) is 4.61. The molecule has 4 nitrogen and oxygen atoms in total. The number of hydrogen-bond acceptors (Lipinski definition) is 4. The van der Waals surface area contributed by atoms with Crippen molar-refractivity contribution in [3.8, 4) is 0 Å². The summed E-state index contributed by atoms with van der Waals surface area (Å²) in [6, 6.07) is 9.89. The maximum absolute atomic E-state index is 12.2. The Bertz CT molecular complexity index is 558. The highest BCUT2D eigenvalue weighted by molar-refractivity contribution is 6.81. The van der Waals surface area contributed by atoms with Gasteiger partial charge in [0.2, 0.25) is 0 Å². The van der Waals surface area contributed by atoms with Gasteiger partial charge in [-0.2, -0.15) is 0 Å². The van der Waals surface area contributed by atoms with Gasteiger partial charge in [0.25, 0.3) is 0 Å². The number of aryl methyl sites for hydroxylation is 1. The van der Waals surface area contributed by atoms with Crippen molar-refractivity contribution in [1.82, 2.24) is 0 Å².